The lowest BCUT2D eigenvalue weighted by Crippen LogP contribution is -2.43. The molecule has 0 amide bonds. The van der Waals surface area contributed by atoms with E-state index in [0.717, 1.165) is 19.2 Å². The third-order valence-corrected chi connectivity index (χ3v) is 4.31. The van der Waals surface area contributed by atoms with E-state index in [1.54, 1.807) is 0 Å². The molecule has 2 nitrogen and oxygen atoms in total. The van der Waals surface area contributed by atoms with Crippen LogP contribution in [0, 0.1) is 17.6 Å². The number of hydrogen-bond acceptors (Lipinski definition) is 2. The molecule has 1 N–H and O–H groups in total. The van der Waals surface area contributed by atoms with E-state index in [1.807, 2.05) is 6.92 Å². The number of benzene rings is 1. The van der Waals surface area contributed by atoms with E-state index in [1.165, 1.54) is 25.0 Å². The van der Waals surface area contributed by atoms with Gasteiger partial charge in [-0.15, -0.1) is 0 Å². The van der Waals surface area contributed by atoms with Crippen LogP contribution in [0.4, 0.5) is 8.78 Å². The van der Waals surface area contributed by atoms with Crippen LogP contribution in [0.25, 0.3) is 0 Å². The second-order valence-electron chi connectivity index (χ2n) is 6.01. The summed E-state index contributed by atoms with van der Waals surface area (Å²) in [4.78, 5) is 2.34. The van der Waals surface area contributed by atoms with E-state index in [9.17, 15) is 8.78 Å². The second kappa shape index (κ2) is 6.64. The Morgan fingerprint density at radius 3 is 2.70 bits per heavy atom. The van der Waals surface area contributed by atoms with Crippen molar-refractivity contribution in [3.05, 3.63) is 35.4 Å². The maximum Gasteiger partial charge on any atom is 0.130 e. The van der Waals surface area contributed by atoms with Gasteiger partial charge in [0.05, 0.1) is 0 Å². The molecule has 3 atom stereocenters. The summed E-state index contributed by atoms with van der Waals surface area (Å²) in [5.41, 5.74) is 0.530. The lowest BCUT2D eigenvalue weighted by Gasteiger charge is -2.35. The third-order valence-electron chi connectivity index (χ3n) is 4.31. The van der Waals surface area contributed by atoms with E-state index in [0.29, 0.717) is 17.5 Å². The number of rotatable bonds is 4. The largest absolute Gasteiger partial charge is 0.307 e. The fourth-order valence-electron chi connectivity index (χ4n) is 3.09. The molecule has 0 aliphatic carbocycles. The van der Waals surface area contributed by atoms with Gasteiger partial charge in [0.25, 0.3) is 0 Å². The van der Waals surface area contributed by atoms with Crippen LogP contribution in [0.3, 0.4) is 0 Å². The van der Waals surface area contributed by atoms with Gasteiger partial charge in [0, 0.05) is 30.3 Å². The number of likely N-dealkylation sites (tertiary alicyclic amines) is 1. The standard InChI is InChI=1S/C16H24F2N2/c1-11(13-5-4-8-20(3)10-13)19-12(2)15-7-6-14(17)9-16(15)18/h6-7,9,11-13,19H,4-5,8,10H2,1-3H3. The van der Waals surface area contributed by atoms with E-state index >= 15 is 0 Å². The molecule has 1 aliphatic heterocycles. The van der Waals surface area contributed by atoms with Crippen LogP contribution in [0.15, 0.2) is 18.2 Å². The third kappa shape index (κ3) is 3.76. The maximum atomic E-state index is 13.8. The number of halogens is 2. The lowest BCUT2D eigenvalue weighted by atomic mass is 9.91. The van der Waals surface area contributed by atoms with Gasteiger partial charge >= 0.3 is 0 Å². The molecule has 112 valence electrons. The predicted octanol–water partition coefficient (Wildman–Crippen LogP) is 3.35. The van der Waals surface area contributed by atoms with Crippen molar-refractivity contribution in [2.45, 2.75) is 38.8 Å². The Morgan fingerprint density at radius 2 is 2.05 bits per heavy atom. The Balaban J connectivity index is 1.97. The number of nitrogens with zero attached hydrogens (tertiary/aromatic N) is 1. The smallest absolute Gasteiger partial charge is 0.130 e. The minimum Gasteiger partial charge on any atom is -0.307 e. The summed E-state index contributed by atoms with van der Waals surface area (Å²) in [7, 11) is 2.14. The molecule has 1 fully saturated rings. The average Bonchev–Trinajstić information content (AvgIpc) is 2.38. The van der Waals surface area contributed by atoms with Crippen LogP contribution in [-0.2, 0) is 0 Å². The first-order valence-corrected chi connectivity index (χ1v) is 7.37. The van der Waals surface area contributed by atoms with Crippen LogP contribution in [0.2, 0.25) is 0 Å². The summed E-state index contributed by atoms with van der Waals surface area (Å²) in [6.07, 6.45) is 2.42. The summed E-state index contributed by atoms with van der Waals surface area (Å²) >= 11 is 0. The van der Waals surface area contributed by atoms with Crippen molar-refractivity contribution in [3.8, 4) is 0 Å². The zero-order chi connectivity index (χ0) is 14.7. The summed E-state index contributed by atoms with van der Waals surface area (Å²) in [6, 6.07) is 4.00. The predicted molar refractivity (Wildman–Crippen MR) is 77.6 cm³/mol. The van der Waals surface area contributed by atoms with Gasteiger partial charge in [-0.2, -0.15) is 0 Å². The van der Waals surface area contributed by atoms with Gasteiger partial charge in [0.15, 0.2) is 0 Å². The first-order valence-electron chi connectivity index (χ1n) is 7.37. The minimum atomic E-state index is -0.527. The first-order chi connectivity index (χ1) is 9.47. The minimum absolute atomic E-state index is 0.113. The van der Waals surface area contributed by atoms with Crippen molar-refractivity contribution >= 4 is 0 Å². The van der Waals surface area contributed by atoms with E-state index in [-0.39, 0.29) is 6.04 Å². The van der Waals surface area contributed by atoms with E-state index < -0.39 is 11.6 Å². The van der Waals surface area contributed by atoms with Crippen molar-refractivity contribution in [2.75, 3.05) is 20.1 Å². The SMILES string of the molecule is CC(NC(C)C1CCCN(C)C1)c1ccc(F)cc1F. The second-order valence-corrected chi connectivity index (χ2v) is 6.01. The van der Waals surface area contributed by atoms with Gasteiger partial charge in [0.2, 0.25) is 0 Å². The zero-order valence-corrected chi connectivity index (χ0v) is 12.5. The number of piperidine rings is 1. The normalized spacial score (nSPS) is 23.6. The van der Waals surface area contributed by atoms with Crippen molar-refractivity contribution in [1.29, 1.82) is 0 Å². The maximum absolute atomic E-state index is 13.8. The monoisotopic (exact) mass is 282 g/mol. The Hall–Kier alpha value is -1.00. The topological polar surface area (TPSA) is 15.3 Å². The molecule has 2 rings (SSSR count). The molecule has 1 aliphatic rings. The molecule has 20 heavy (non-hydrogen) atoms. The van der Waals surface area contributed by atoms with Crippen molar-refractivity contribution in [3.63, 3.8) is 0 Å². The fraction of sp³-hybridized carbons (Fsp3) is 0.625. The Kier molecular flexibility index (Phi) is 5.11. The lowest BCUT2D eigenvalue weighted by molar-refractivity contribution is 0.174. The summed E-state index contributed by atoms with van der Waals surface area (Å²) in [5, 5.41) is 3.46. The van der Waals surface area contributed by atoms with Crippen LogP contribution in [-0.4, -0.2) is 31.1 Å². The van der Waals surface area contributed by atoms with Crippen LogP contribution >= 0.6 is 0 Å². The van der Waals surface area contributed by atoms with Crippen molar-refractivity contribution in [1.82, 2.24) is 10.2 Å². The Bertz CT molecular complexity index is 450. The molecule has 1 heterocycles. The molecule has 1 saturated heterocycles. The number of hydrogen-bond donors (Lipinski definition) is 1. The molecule has 0 spiro atoms. The highest BCUT2D eigenvalue weighted by molar-refractivity contribution is 5.21. The highest BCUT2D eigenvalue weighted by Gasteiger charge is 2.24. The van der Waals surface area contributed by atoms with E-state index in [4.69, 9.17) is 0 Å². The fourth-order valence-corrected chi connectivity index (χ4v) is 3.09. The summed E-state index contributed by atoms with van der Waals surface area (Å²) < 4.78 is 26.7. The molecule has 1 aromatic carbocycles. The molecule has 4 heteroatoms. The first kappa shape index (κ1) is 15.4. The number of nitrogens with one attached hydrogen (secondary N) is 1. The van der Waals surface area contributed by atoms with Crippen LogP contribution in [0.5, 0.6) is 0 Å². The summed E-state index contributed by atoms with van der Waals surface area (Å²) in [6.45, 7) is 6.32. The molecule has 0 saturated carbocycles. The van der Waals surface area contributed by atoms with Gasteiger partial charge in [-0.05, 0) is 52.3 Å². The van der Waals surface area contributed by atoms with Gasteiger partial charge in [0.1, 0.15) is 11.6 Å². The molecule has 0 radical (unpaired) electrons. The van der Waals surface area contributed by atoms with Gasteiger partial charge in [-0.25, -0.2) is 8.78 Å². The van der Waals surface area contributed by atoms with Crippen LogP contribution in [0.1, 0.15) is 38.3 Å². The zero-order valence-electron chi connectivity index (χ0n) is 12.5. The Labute approximate surface area is 120 Å². The summed E-state index contributed by atoms with van der Waals surface area (Å²) in [5.74, 6) is -0.418. The van der Waals surface area contributed by atoms with Crippen LogP contribution < -0.4 is 5.32 Å². The average molecular weight is 282 g/mol. The van der Waals surface area contributed by atoms with Crippen molar-refractivity contribution in [2.24, 2.45) is 5.92 Å². The molecular weight excluding hydrogens is 258 g/mol. The van der Waals surface area contributed by atoms with Gasteiger partial charge in [-0.1, -0.05) is 6.07 Å². The van der Waals surface area contributed by atoms with Gasteiger partial charge in [-0.3, -0.25) is 0 Å². The molecule has 0 bridgehead atoms. The Morgan fingerprint density at radius 1 is 1.30 bits per heavy atom. The molecule has 1 aromatic rings. The quantitative estimate of drug-likeness (QED) is 0.911. The molecular formula is C16H24F2N2. The van der Waals surface area contributed by atoms with Gasteiger partial charge < -0.3 is 10.2 Å². The highest BCUT2D eigenvalue weighted by Crippen LogP contribution is 2.23. The highest BCUT2D eigenvalue weighted by atomic mass is 19.1. The molecule has 0 aromatic heterocycles. The molecule has 3 unspecified atom stereocenters. The van der Waals surface area contributed by atoms with Crippen molar-refractivity contribution < 1.29 is 8.78 Å². The van der Waals surface area contributed by atoms with E-state index in [2.05, 4.69) is 24.2 Å².